The van der Waals surface area contributed by atoms with Gasteiger partial charge in [0.25, 0.3) is 0 Å². The molecule has 0 saturated heterocycles. The maximum Gasteiger partial charge on any atom is 0.0713 e. The summed E-state index contributed by atoms with van der Waals surface area (Å²) in [6, 6.07) is 9.01. The summed E-state index contributed by atoms with van der Waals surface area (Å²) >= 11 is 0. The maximum absolute atomic E-state index is 5.09. The fourth-order valence-electron chi connectivity index (χ4n) is 1.80. The second-order valence-corrected chi connectivity index (χ2v) is 5.15. The quantitative estimate of drug-likeness (QED) is 0.769. The molecule has 1 unspecified atom stereocenters. The average Bonchev–Trinajstić information content (AvgIpc) is 2.29. The third kappa shape index (κ3) is 5.73. The van der Waals surface area contributed by atoms with Crippen molar-refractivity contribution in [1.29, 1.82) is 0 Å². The van der Waals surface area contributed by atoms with Crippen LogP contribution in [0, 0.1) is 5.92 Å². The third-order valence-electron chi connectivity index (χ3n) is 2.86. The zero-order chi connectivity index (χ0) is 12.7. The molecule has 0 heterocycles. The van der Waals surface area contributed by atoms with Gasteiger partial charge in [-0.15, -0.1) is 0 Å². The highest BCUT2D eigenvalue weighted by Crippen LogP contribution is 2.14. The molecule has 1 aromatic carbocycles. The van der Waals surface area contributed by atoms with Crippen LogP contribution in [0.1, 0.15) is 39.2 Å². The normalized spacial score (nSPS) is 12.8. The summed E-state index contributed by atoms with van der Waals surface area (Å²) in [7, 11) is 1.72. The Kier molecular flexibility index (Phi) is 6.06. The van der Waals surface area contributed by atoms with Gasteiger partial charge in [0.1, 0.15) is 0 Å². The van der Waals surface area contributed by atoms with Crippen LogP contribution in [-0.4, -0.2) is 13.2 Å². The molecule has 0 aliphatic carbocycles. The fraction of sp³-hybridized carbons (Fsp3) is 0.600. The number of rotatable bonds is 7. The number of ether oxygens (including phenoxy) is 1. The topological polar surface area (TPSA) is 21.3 Å². The number of hydrogen-bond donors (Lipinski definition) is 1. The molecule has 0 fully saturated rings. The van der Waals surface area contributed by atoms with Gasteiger partial charge >= 0.3 is 0 Å². The predicted molar refractivity (Wildman–Crippen MR) is 74.3 cm³/mol. The highest BCUT2D eigenvalue weighted by Gasteiger charge is 2.03. The summed E-state index contributed by atoms with van der Waals surface area (Å²) in [5.41, 5.74) is 2.41. The van der Waals surface area contributed by atoms with E-state index >= 15 is 0 Å². The summed E-state index contributed by atoms with van der Waals surface area (Å²) in [4.78, 5) is 0. The maximum atomic E-state index is 5.09. The van der Waals surface area contributed by atoms with Crippen LogP contribution >= 0.6 is 0 Å². The van der Waals surface area contributed by atoms with E-state index in [0.717, 1.165) is 5.92 Å². The molecule has 0 spiro atoms. The first-order valence-electron chi connectivity index (χ1n) is 6.46. The number of hydrogen-bond acceptors (Lipinski definition) is 2. The molecule has 2 nitrogen and oxygen atoms in total. The molecule has 1 aromatic rings. The Morgan fingerprint density at radius 3 is 2.24 bits per heavy atom. The van der Waals surface area contributed by atoms with E-state index in [9.17, 15) is 0 Å². The van der Waals surface area contributed by atoms with Crippen molar-refractivity contribution in [2.24, 2.45) is 5.92 Å². The molecule has 17 heavy (non-hydrogen) atoms. The summed E-state index contributed by atoms with van der Waals surface area (Å²) < 4.78 is 5.09. The van der Waals surface area contributed by atoms with Crippen LogP contribution in [0.2, 0.25) is 0 Å². The van der Waals surface area contributed by atoms with E-state index in [-0.39, 0.29) is 0 Å². The molecule has 0 saturated carbocycles. The molecule has 0 aliphatic heterocycles. The molecular weight excluding hydrogens is 210 g/mol. The molecule has 1 rings (SSSR count). The van der Waals surface area contributed by atoms with E-state index in [1.165, 1.54) is 24.1 Å². The highest BCUT2D eigenvalue weighted by molar-refractivity contribution is 5.45. The zero-order valence-corrected chi connectivity index (χ0v) is 11.5. The molecule has 1 atom stereocenters. The number of nitrogens with one attached hydrogen (secondary N) is 1. The van der Waals surface area contributed by atoms with Crippen molar-refractivity contribution >= 4 is 5.69 Å². The van der Waals surface area contributed by atoms with Crippen molar-refractivity contribution < 1.29 is 4.74 Å². The van der Waals surface area contributed by atoms with Crippen LogP contribution in [0.25, 0.3) is 0 Å². The Morgan fingerprint density at radius 2 is 1.71 bits per heavy atom. The van der Waals surface area contributed by atoms with Gasteiger partial charge < -0.3 is 10.1 Å². The highest BCUT2D eigenvalue weighted by atomic mass is 16.5. The van der Waals surface area contributed by atoms with Crippen molar-refractivity contribution in [3.63, 3.8) is 0 Å². The molecule has 2 heteroatoms. The van der Waals surface area contributed by atoms with Crippen LogP contribution in [-0.2, 0) is 11.3 Å². The van der Waals surface area contributed by atoms with Crippen LogP contribution in [0.3, 0.4) is 0 Å². The van der Waals surface area contributed by atoms with E-state index in [1.54, 1.807) is 7.11 Å². The van der Waals surface area contributed by atoms with E-state index in [4.69, 9.17) is 4.74 Å². The van der Waals surface area contributed by atoms with E-state index in [2.05, 4.69) is 50.4 Å². The Balaban J connectivity index is 2.40. The van der Waals surface area contributed by atoms with Crippen LogP contribution in [0.4, 0.5) is 5.69 Å². The number of anilines is 1. The average molecular weight is 235 g/mol. The van der Waals surface area contributed by atoms with Crippen molar-refractivity contribution in [3.05, 3.63) is 29.8 Å². The van der Waals surface area contributed by atoms with Gasteiger partial charge in [-0.25, -0.2) is 0 Å². The summed E-state index contributed by atoms with van der Waals surface area (Å²) in [5, 5.41) is 3.53. The number of benzene rings is 1. The molecule has 0 bridgehead atoms. The zero-order valence-electron chi connectivity index (χ0n) is 11.5. The van der Waals surface area contributed by atoms with E-state index in [1.807, 2.05) is 0 Å². The monoisotopic (exact) mass is 235 g/mol. The van der Waals surface area contributed by atoms with Crippen molar-refractivity contribution in [2.75, 3.05) is 12.4 Å². The lowest BCUT2D eigenvalue weighted by Gasteiger charge is -2.16. The van der Waals surface area contributed by atoms with Gasteiger partial charge in [-0.1, -0.05) is 26.0 Å². The Hall–Kier alpha value is -1.02. The van der Waals surface area contributed by atoms with Gasteiger partial charge in [0.15, 0.2) is 0 Å². The lowest BCUT2D eigenvalue weighted by atomic mass is 10.0. The van der Waals surface area contributed by atoms with Crippen LogP contribution in [0.15, 0.2) is 24.3 Å². The fourth-order valence-corrected chi connectivity index (χ4v) is 1.80. The first kappa shape index (κ1) is 14.0. The first-order chi connectivity index (χ1) is 8.11. The first-order valence-corrected chi connectivity index (χ1v) is 6.46. The lowest BCUT2D eigenvalue weighted by molar-refractivity contribution is 0.185. The van der Waals surface area contributed by atoms with Crippen LogP contribution in [0.5, 0.6) is 0 Å². The molecule has 0 amide bonds. The predicted octanol–water partition coefficient (Wildman–Crippen LogP) is 4.07. The summed E-state index contributed by atoms with van der Waals surface area (Å²) in [5.74, 6) is 0.781. The van der Waals surface area contributed by atoms with E-state index < -0.39 is 0 Å². The van der Waals surface area contributed by atoms with Crippen molar-refractivity contribution in [2.45, 2.75) is 46.3 Å². The van der Waals surface area contributed by atoms with Gasteiger partial charge in [-0.05, 0) is 43.4 Å². The molecular formula is C15H25NO. The molecule has 0 radical (unpaired) electrons. The number of methoxy groups -OCH3 is 1. The molecule has 96 valence electrons. The summed E-state index contributed by atoms with van der Waals surface area (Å²) in [6.45, 7) is 7.47. The van der Waals surface area contributed by atoms with Crippen LogP contribution < -0.4 is 5.32 Å². The minimum absolute atomic E-state index is 0.533. The van der Waals surface area contributed by atoms with Gasteiger partial charge in [-0.3, -0.25) is 0 Å². The SMILES string of the molecule is COCc1ccc(NC(C)CCC(C)C)cc1. The Bertz CT molecular complexity index is 305. The Labute approximate surface area is 105 Å². The van der Waals surface area contributed by atoms with Crippen molar-refractivity contribution in [3.8, 4) is 0 Å². The third-order valence-corrected chi connectivity index (χ3v) is 2.86. The van der Waals surface area contributed by atoms with Gasteiger partial charge in [-0.2, -0.15) is 0 Å². The van der Waals surface area contributed by atoms with Gasteiger partial charge in [0, 0.05) is 18.8 Å². The Morgan fingerprint density at radius 1 is 1.06 bits per heavy atom. The van der Waals surface area contributed by atoms with Crippen molar-refractivity contribution in [1.82, 2.24) is 0 Å². The molecule has 1 N–H and O–H groups in total. The lowest BCUT2D eigenvalue weighted by Crippen LogP contribution is -2.15. The minimum atomic E-state index is 0.533. The smallest absolute Gasteiger partial charge is 0.0713 e. The molecule has 0 aromatic heterocycles. The molecule has 0 aliphatic rings. The minimum Gasteiger partial charge on any atom is -0.383 e. The second-order valence-electron chi connectivity index (χ2n) is 5.15. The second kappa shape index (κ2) is 7.33. The van der Waals surface area contributed by atoms with Gasteiger partial charge in [0.2, 0.25) is 0 Å². The summed E-state index contributed by atoms with van der Waals surface area (Å²) in [6.07, 6.45) is 2.49. The van der Waals surface area contributed by atoms with E-state index in [0.29, 0.717) is 12.6 Å². The van der Waals surface area contributed by atoms with Gasteiger partial charge in [0.05, 0.1) is 6.61 Å². The largest absolute Gasteiger partial charge is 0.383 e. The standard InChI is InChI=1S/C15H25NO/c1-12(2)5-6-13(3)16-15-9-7-14(8-10-15)11-17-4/h7-10,12-13,16H,5-6,11H2,1-4H3.